The summed E-state index contributed by atoms with van der Waals surface area (Å²) in [6, 6.07) is 5.20. The molecule has 172 valence electrons. The van der Waals surface area contributed by atoms with Gasteiger partial charge in [-0.25, -0.2) is 14.8 Å². The first-order chi connectivity index (χ1) is 15.8. The van der Waals surface area contributed by atoms with Crippen molar-refractivity contribution in [3.8, 4) is 11.8 Å². The fraction of sp³-hybridized carbons (Fsp3) is 0.409. The van der Waals surface area contributed by atoms with E-state index in [0.29, 0.717) is 24.2 Å². The molecule has 1 N–H and O–H groups in total. The number of urea groups is 1. The average Bonchev–Trinajstić information content (AvgIpc) is 3.30. The molecule has 0 bridgehead atoms. The monoisotopic (exact) mass is 459 g/mol. The summed E-state index contributed by atoms with van der Waals surface area (Å²) in [5, 5.41) is 11.9. The molecule has 0 unspecified atom stereocenters. The number of Topliss-reactive ketones (excluding diaryl/α,β-unsaturated/α-hetero) is 1. The average molecular weight is 459 g/mol. The Morgan fingerprint density at radius 2 is 1.97 bits per heavy atom. The lowest BCUT2D eigenvalue weighted by atomic mass is 10.0. The summed E-state index contributed by atoms with van der Waals surface area (Å²) < 4.78 is 44.4. The van der Waals surface area contributed by atoms with Crippen molar-refractivity contribution in [2.75, 3.05) is 16.8 Å². The highest BCUT2D eigenvalue weighted by Gasteiger charge is 2.41. The molecule has 2 aromatic rings. The van der Waals surface area contributed by atoms with Crippen molar-refractivity contribution in [1.29, 1.82) is 5.26 Å². The van der Waals surface area contributed by atoms with Crippen molar-refractivity contribution in [3.05, 3.63) is 41.2 Å². The minimum Gasteiger partial charge on any atom is -0.489 e. The van der Waals surface area contributed by atoms with Crippen LogP contribution in [0.5, 0.6) is 5.75 Å². The summed E-state index contributed by atoms with van der Waals surface area (Å²) in [6.07, 6.45) is 1.16. The maximum Gasteiger partial charge on any atom is 0.456 e. The Morgan fingerprint density at radius 3 is 2.67 bits per heavy atom. The van der Waals surface area contributed by atoms with Gasteiger partial charge in [0.05, 0.1) is 12.3 Å². The zero-order chi connectivity index (χ0) is 23.6. The topological polar surface area (TPSA) is 108 Å². The maximum absolute atomic E-state index is 12.9. The highest BCUT2D eigenvalue weighted by molar-refractivity contribution is 6.03. The third kappa shape index (κ3) is 4.89. The van der Waals surface area contributed by atoms with Gasteiger partial charge in [0.15, 0.2) is 0 Å². The van der Waals surface area contributed by atoms with E-state index in [-0.39, 0.29) is 29.8 Å². The number of ether oxygens (including phenoxy) is 1. The van der Waals surface area contributed by atoms with Crippen LogP contribution in [0.4, 0.5) is 29.6 Å². The molecule has 1 fully saturated rings. The van der Waals surface area contributed by atoms with E-state index < -0.39 is 23.7 Å². The van der Waals surface area contributed by atoms with E-state index in [1.54, 1.807) is 0 Å². The van der Waals surface area contributed by atoms with Crippen molar-refractivity contribution >= 4 is 23.5 Å². The van der Waals surface area contributed by atoms with E-state index >= 15 is 0 Å². The number of nitrogens with one attached hydrogen (secondary N) is 1. The van der Waals surface area contributed by atoms with Crippen LogP contribution >= 0.6 is 0 Å². The molecule has 0 saturated heterocycles. The van der Waals surface area contributed by atoms with Gasteiger partial charge in [-0.3, -0.25) is 15.0 Å². The number of pyridine rings is 2. The molecule has 4 rings (SSSR count). The Morgan fingerprint density at radius 1 is 1.21 bits per heavy atom. The van der Waals surface area contributed by atoms with Gasteiger partial charge in [-0.1, -0.05) is 6.07 Å². The molecule has 2 amide bonds. The number of amides is 2. The number of nitriles is 1. The number of anilines is 2. The van der Waals surface area contributed by atoms with Crippen molar-refractivity contribution in [1.82, 2.24) is 9.97 Å². The van der Waals surface area contributed by atoms with Crippen LogP contribution in [-0.2, 0) is 6.42 Å². The number of aryl methyl sites for hydroxylation is 1. The third-order valence-electron chi connectivity index (χ3n) is 5.59. The highest BCUT2D eigenvalue weighted by atomic mass is 19.4. The number of rotatable bonds is 4. The van der Waals surface area contributed by atoms with Gasteiger partial charge in [-0.05, 0) is 50.2 Å². The van der Waals surface area contributed by atoms with Gasteiger partial charge in [-0.2, -0.15) is 18.4 Å². The van der Waals surface area contributed by atoms with E-state index in [4.69, 9.17) is 4.74 Å². The smallest absolute Gasteiger partial charge is 0.456 e. The second-order valence-corrected chi connectivity index (χ2v) is 7.89. The number of carbonyl (C=O) groups excluding carboxylic acids is 2. The molecule has 1 saturated carbocycles. The van der Waals surface area contributed by atoms with Crippen molar-refractivity contribution < 1.29 is 27.5 Å². The van der Waals surface area contributed by atoms with Crippen molar-refractivity contribution in [2.24, 2.45) is 0 Å². The fourth-order valence-corrected chi connectivity index (χ4v) is 3.96. The number of alkyl halides is 3. The first-order valence-electron chi connectivity index (χ1n) is 10.5. The largest absolute Gasteiger partial charge is 0.489 e. The lowest BCUT2D eigenvalue weighted by Crippen LogP contribution is -2.40. The van der Waals surface area contributed by atoms with E-state index in [9.17, 15) is 28.0 Å². The lowest BCUT2D eigenvalue weighted by molar-refractivity contribution is -0.0888. The van der Waals surface area contributed by atoms with Crippen molar-refractivity contribution in [3.63, 3.8) is 0 Å². The minimum absolute atomic E-state index is 0.00456. The first-order valence-corrected chi connectivity index (χ1v) is 10.5. The number of hydrogen-bond acceptors (Lipinski definition) is 6. The van der Waals surface area contributed by atoms with Crippen LogP contribution in [0.25, 0.3) is 0 Å². The second-order valence-electron chi connectivity index (χ2n) is 7.89. The summed E-state index contributed by atoms with van der Waals surface area (Å²) in [6.45, 7) is 0.206. The Kier molecular flexibility index (Phi) is 6.18. The standard InChI is InChI=1S/C22H20F3N5O3/c23-22(24,25)19(31)16-8-7-13-4-3-9-30(20(13)28-16)21(32)29-18-10-17(14(11-26)12-27-18)33-15-5-1-2-6-15/h7-8,10,12,15H,1-6,9H2,(H,27,29,32). The van der Waals surface area contributed by atoms with Crippen LogP contribution in [0.2, 0.25) is 0 Å². The van der Waals surface area contributed by atoms with E-state index in [1.807, 2.05) is 6.07 Å². The van der Waals surface area contributed by atoms with Crippen molar-refractivity contribution in [2.45, 2.75) is 50.8 Å². The Hall–Kier alpha value is -3.68. The molecule has 1 aliphatic carbocycles. The molecule has 0 atom stereocenters. The van der Waals surface area contributed by atoms with Crippen LogP contribution in [0.1, 0.15) is 53.7 Å². The number of fused-ring (bicyclic) bond motifs is 1. The molecule has 0 radical (unpaired) electrons. The molecule has 11 heteroatoms. The van der Waals surface area contributed by atoms with E-state index in [1.165, 1.54) is 23.2 Å². The van der Waals surface area contributed by atoms with Crippen LogP contribution in [0, 0.1) is 11.3 Å². The van der Waals surface area contributed by atoms with Gasteiger partial charge in [0.2, 0.25) is 0 Å². The SMILES string of the molecule is N#Cc1cnc(NC(=O)N2CCCc3ccc(C(=O)C(F)(F)F)nc32)cc1OC1CCCC1. The molecular formula is C22H20F3N5O3. The quantitative estimate of drug-likeness (QED) is 0.679. The summed E-state index contributed by atoms with van der Waals surface area (Å²) in [5.41, 5.74) is 0.0260. The number of halogens is 3. The Bertz CT molecular complexity index is 1120. The number of carbonyl (C=O) groups is 2. The summed E-state index contributed by atoms with van der Waals surface area (Å²) in [4.78, 5) is 33.6. The predicted molar refractivity (Wildman–Crippen MR) is 111 cm³/mol. The first kappa shape index (κ1) is 22.5. The van der Waals surface area contributed by atoms with Gasteiger partial charge in [-0.15, -0.1) is 0 Å². The predicted octanol–water partition coefficient (Wildman–Crippen LogP) is 4.40. The van der Waals surface area contributed by atoms with Crippen LogP contribution in [0.3, 0.4) is 0 Å². The zero-order valence-corrected chi connectivity index (χ0v) is 17.5. The van der Waals surface area contributed by atoms with Gasteiger partial charge in [0, 0.05) is 12.6 Å². The Balaban J connectivity index is 1.56. The van der Waals surface area contributed by atoms with Gasteiger partial charge in [0.25, 0.3) is 5.78 Å². The van der Waals surface area contributed by atoms with Gasteiger partial charge >= 0.3 is 12.2 Å². The maximum atomic E-state index is 12.9. The summed E-state index contributed by atoms with van der Waals surface area (Å²) in [5.74, 6) is -1.63. The third-order valence-corrected chi connectivity index (χ3v) is 5.59. The number of nitrogens with zero attached hydrogens (tertiary/aromatic N) is 4. The molecule has 33 heavy (non-hydrogen) atoms. The van der Waals surface area contributed by atoms with E-state index in [0.717, 1.165) is 31.7 Å². The van der Waals surface area contributed by atoms with E-state index in [2.05, 4.69) is 15.3 Å². The zero-order valence-electron chi connectivity index (χ0n) is 17.5. The van der Waals surface area contributed by atoms with Gasteiger partial charge in [0.1, 0.15) is 34.7 Å². The number of ketones is 1. The van der Waals surface area contributed by atoms with Crippen LogP contribution < -0.4 is 15.0 Å². The van der Waals surface area contributed by atoms with Gasteiger partial charge < -0.3 is 4.74 Å². The molecule has 1 aliphatic heterocycles. The number of aromatic nitrogens is 2. The minimum atomic E-state index is -5.06. The van der Waals surface area contributed by atoms with Crippen LogP contribution in [-0.4, -0.2) is 40.6 Å². The molecular weight excluding hydrogens is 439 g/mol. The Labute approximate surface area is 187 Å². The second kappa shape index (κ2) is 9.05. The molecule has 3 heterocycles. The molecule has 2 aromatic heterocycles. The summed E-state index contributed by atoms with van der Waals surface area (Å²) in [7, 11) is 0. The highest BCUT2D eigenvalue weighted by Crippen LogP contribution is 2.30. The molecule has 0 aromatic carbocycles. The lowest BCUT2D eigenvalue weighted by Gasteiger charge is -2.28. The normalized spacial score (nSPS) is 16.1. The van der Waals surface area contributed by atoms with Crippen LogP contribution in [0.15, 0.2) is 24.4 Å². The molecule has 8 nitrogen and oxygen atoms in total. The molecule has 0 spiro atoms. The number of hydrogen-bond donors (Lipinski definition) is 1. The summed E-state index contributed by atoms with van der Waals surface area (Å²) >= 11 is 0. The fourth-order valence-electron chi connectivity index (χ4n) is 3.96. The molecule has 2 aliphatic rings.